The van der Waals surface area contributed by atoms with Gasteiger partial charge in [-0.3, -0.25) is 29.0 Å². The van der Waals surface area contributed by atoms with E-state index in [9.17, 15) is 29.1 Å². The zero-order chi connectivity index (χ0) is 50.9. The number of nitrogens with two attached hydrogens (primary N) is 1. The number of carbonyl (C=O) groups excluding carboxylic acids is 5. The Kier molecular flexibility index (Phi) is 18.4. The molecule has 0 saturated carbocycles. The summed E-state index contributed by atoms with van der Waals surface area (Å²) in [7, 11) is 0. The highest BCUT2D eigenvalue weighted by Gasteiger charge is 2.42. The van der Waals surface area contributed by atoms with Gasteiger partial charge in [0, 0.05) is 38.9 Å². The van der Waals surface area contributed by atoms with Crippen molar-refractivity contribution in [2.24, 2.45) is 5.73 Å². The monoisotopic (exact) mass is 973 g/mol. The fourth-order valence-corrected chi connectivity index (χ4v) is 9.39. The predicted molar refractivity (Wildman–Crippen MR) is 274 cm³/mol. The summed E-state index contributed by atoms with van der Waals surface area (Å²) in [6.07, 6.45) is 4.26. The van der Waals surface area contributed by atoms with Crippen LogP contribution in [0.25, 0.3) is 10.8 Å². The number of unbranched alkanes of at least 4 members (excludes halogenated alkanes) is 1. The van der Waals surface area contributed by atoms with Crippen molar-refractivity contribution >= 4 is 46.3 Å². The number of hydrogen-bond donors (Lipinski definition) is 6. The van der Waals surface area contributed by atoms with Gasteiger partial charge in [0.25, 0.3) is 0 Å². The number of ether oxygens (including phenoxy) is 1. The third-order valence-electron chi connectivity index (χ3n) is 13.0. The van der Waals surface area contributed by atoms with Gasteiger partial charge in [-0.1, -0.05) is 140 Å². The third-order valence-corrected chi connectivity index (χ3v) is 13.0. The lowest BCUT2D eigenvalue weighted by molar-refractivity contribution is -0.164. The lowest BCUT2D eigenvalue weighted by atomic mass is 9.77. The summed E-state index contributed by atoms with van der Waals surface area (Å²) in [5, 5.41) is 23.9. The Labute approximate surface area is 419 Å². The average Bonchev–Trinajstić information content (AvgIpc) is 3.40. The Morgan fingerprint density at radius 3 is 1.93 bits per heavy atom. The molecule has 0 spiro atoms. The number of carboxylic acid groups (broad SMARTS) is 1. The van der Waals surface area contributed by atoms with Crippen LogP contribution in [0.3, 0.4) is 0 Å². The number of rotatable bonds is 23. The third kappa shape index (κ3) is 13.6. The molecule has 6 aromatic rings. The highest BCUT2D eigenvalue weighted by Crippen LogP contribution is 2.37. The van der Waals surface area contributed by atoms with Gasteiger partial charge in [0.15, 0.2) is 0 Å². The van der Waals surface area contributed by atoms with Gasteiger partial charge in [-0.25, -0.2) is 4.79 Å². The van der Waals surface area contributed by atoms with E-state index in [1.807, 2.05) is 133 Å². The van der Waals surface area contributed by atoms with Crippen LogP contribution in [0.15, 0.2) is 158 Å². The molecule has 1 aliphatic heterocycles. The molecule has 15 heteroatoms. The first kappa shape index (κ1) is 52.1. The summed E-state index contributed by atoms with van der Waals surface area (Å²) in [4.78, 5) is 90.0. The maximum atomic E-state index is 15.3. The fraction of sp³-hybridized carbons (Fsp3) is 0.316. The van der Waals surface area contributed by atoms with Gasteiger partial charge < -0.3 is 41.7 Å². The molecule has 374 valence electrons. The molecular formula is C57H63N7O8. The first-order valence-corrected chi connectivity index (χ1v) is 24.5. The first-order chi connectivity index (χ1) is 34.9. The highest BCUT2D eigenvalue weighted by atomic mass is 16.5. The summed E-state index contributed by atoms with van der Waals surface area (Å²) in [6.45, 7) is 2.05. The molecule has 1 aliphatic rings. The number of carboxylic acids is 1. The van der Waals surface area contributed by atoms with E-state index in [0.29, 0.717) is 61.1 Å². The van der Waals surface area contributed by atoms with E-state index in [2.05, 4.69) is 26.3 Å². The number of nitrogens with one attached hydrogen (secondary N) is 4. The number of hydrogen-bond acceptors (Lipinski definition) is 9. The first-order valence-electron chi connectivity index (χ1n) is 24.5. The van der Waals surface area contributed by atoms with Crippen LogP contribution in [0.4, 0.5) is 0 Å². The molecule has 1 aromatic heterocycles. The normalized spacial score (nSPS) is 15.2. The smallest absolute Gasteiger partial charge is 0.326 e. The number of nitrogens with zero attached hydrogens (tertiary/aromatic N) is 2. The zero-order valence-corrected chi connectivity index (χ0v) is 40.5. The number of pyridine rings is 1. The summed E-state index contributed by atoms with van der Waals surface area (Å²) >= 11 is 0. The van der Waals surface area contributed by atoms with Crippen LogP contribution in [-0.2, 0) is 51.9 Å². The van der Waals surface area contributed by atoms with Crippen molar-refractivity contribution in [2.75, 3.05) is 13.2 Å². The highest BCUT2D eigenvalue weighted by molar-refractivity contribution is 5.97. The molecule has 7 N–H and O–H groups in total. The van der Waals surface area contributed by atoms with Crippen LogP contribution in [0.2, 0.25) is 0 Å². The maximum absolute atomic E-state index is 15.3. The number of benzene rings is 5. The van der Waals surface area contributed by atoms with Crippen molar-refractivity contribution in [1.82, 2.24) is 31.2 Å². The Hall–Kier alpha value is -7.75. The number of amides is 5. The summed E-state index contributed by atoms with van der Waals surface area (Å²) in [6, 6.07) is 39.6. The van der Waals surface area contributed by atoms with Crippen molar-refractivity contribution in [3.8, 4) is 0 Å². The van der Waals surface area contributed by atoms with Crippen molar-refractivity contribution in [3.63, 3.8) is 0 Å². The number of carbonyl (C=O) groups is 6. The van der Waals surface area contributed by atoms with Crippen molar-refractivity contribution in [1.29, 1.82) is 0 Å². The Bertz CT molecular complexity index is 2660. The van der Waals surface area contributed by atoms with Gasteiger partial charge in [-0.05, 0) is 89.6 Å². The Morgan fingerprint density at radius 1 is 0.722 bits per heavy atom. The van der Waals surface area contributed by atoms with E-state index < -0.39 is 72.0 Å². The molecule has 0 bridgehead atoms. The number of aromatic nitrogens is 1. The lowest BCUT2D eigenvalue weighted by Crippen LogP contribution is -2.62. The van der Waals surface area contributed by atoms with Crippen LogP contribution in [-0.4, -0.2) is 94.0 Å². The second-order valence-electron chi connectivity index (χ2n) is 18.2. The Morgan fingerprint density at radius 2 is 1.35 bits per heavy atom. The van der Waals surface area contributed by atoms with E-state index in [-0.39, 0.29) is 25.2 Å². The molecule has 5 atom stereocenters. The minimum Gasteiger partial charge on any atom is -0.480 e. The van der Waals surface area contributed by atoms with Gasteiger partial charge in [-0.2, -0.15) is 0 Å². The number of fused-ring (bicyclic) bond motifs is 1. The molecule has 1 unspecified atom stereocenters. The lowest BCUT2D eigenvalue weighted by Gasteiger charge is -2.40. The molecule has 1 saturated heterocycles. The van der Waals surface area contributed by atoms with Gasteiger partial charge in [0.05, 0.1) is 12.5 Å². The molecule has 7 rings (SSSR count). The van der Waals surface area contributed by atoms with Crippen LogP contribution >= 0.6 is 0 Å². The van der Waals surface area contributed by atoms with Crippen molar-refractivity contribution < 1.29 is 38.6 Å². The molecule has 5 aromatic carbocycles. The van der Waals surface area contributed by atoms with E-state index in [1.54, 1.807) is 18.3 Å². The summed E-state index contributed by atoms with van der Waals surface area (Å²) in [5.74, 6) is -4.48. The second kappa shape index (κ2) is 25.4. The fourth-order valence-electron chi connectivity index (χ4n) is 9.39. The minimum absolute atomic E-state index is 0.0676. The van der Waals surface area contributed by atoms with Gasteiger partial charge >= 0.3 is 5.97 Å². The van der Waals surface area contributed by atoms with Gasteiger partial charge in [0.2, 0.25) is 29.5 Å². The molecule has 0 radical (unpaired) electrons. The summed E-state index contributed by atoms with van der Waals surface area (Å²) in [5.41, 5.74) is 9.00. The van der Waals surface area contributed by atoms with Gasteiger partial charge in [0.1, 0.15) is 29.9 Å². The molecule has 0 aliphatic carbocycles. The quantitative estimate of drug-likeness (QED) is 0.0328. The van der Waals surface area contributed by atoms with E-state index in [1.165, 1.54) is 18.0 Å². The molecule has 1 fully saturated rings. The summed E-state index contributed by atoms with van der Waals surface area (Å²) < 4.78 is 6.24. The van der Waals surface area contributed by atoms with E-state index in [0.717, 1.165) is 22.8 Å². The van der Waals surface area contributed by atoms with Crippen LogP contribution in [0.1, 0.15) is 79.7 Å². The maximum Gasteiger partial charge on any atom is 0.326 e. The number of aliphatic carboxylic acids is 1. The van der Waals surface area contributed by atoms with Gasteiger partial charge in [-0.15, -0.1) is 0 Å². The topological polar surface area (TPSA) is 222 Å². The molecule has 15 nitrogen and oxygen atoms in total. The second-order valence-corrected chi connectivity index (χ2v) is 18.2. The molecular weight excluding hydrogens is 911 g/mol. The molecule has 5 amide bonds. The molecule has 72 heavy (non-hydrogen) atoms. The van der Waals surface area contributed by atoms with Crippen LogP contribution < -0.4 is 27.0 Å². The minimum atomic E-state index is -1.66. The Balaban J connectivity index is 1.25. The van der Waals surface area contributed by atoms with Crippen LogP contribution in [0, 0.1) is 0 Å². The van der Waals surface area contributed by atoms with E-state index >= 15 is 4.79 Å². The predicted octanol–water partition coefficient (Wildman–Crippen LogP) is 5.93. The largest absolute Gasteiger partial charge is 0.480 e. The van der Waals surface area contributed by atoms with E-state index in [4.69, 9.17) is 10.5 Å². The SMILES string of the molecule is CC(=O)NCCCC[C@@H](C(=O)N[C@@H](CC(=O)NC(c1ccccc1)(c1ccccc1)c1ccccc1)C(=O)N[C@@H](Cc1cccnc1)C(=O)O)N(C(=O)[C@@H](N)Cc1ccc2ccccc2c1)C1CCCCO1. The van der Waals surface area contributed by atoms with Crippen LogP contribution in [0.5, 0.6) is 0 Å². The van der Waals surface area contributed by atoms with Crippen molar-refractivity contribution in [2.45, 2.75) is 101 Å². The molecule has 2 heterocycles. The van der Waals surface area contributed by atoms with Crippen molar-refractivity contribution in [3.05, 3.63) is 186 Å². The average molecular weight is 974 g/mol. The standard InChI is InChI=1S/C57H63N7O8/c1-39(65)60-32-15-13-27-50(64(52-28-14-16-33-72-52)55(69)47(58)35-40-29-30-42-19-11-12-20-43(42)34-40)54(68)61-48(53(67)62-49(56(70)71)36-41-18-17-31-59-38-41)37-51(66)63-57(44-21-5-2-6-22-44,45-23-7-3-8-24-45)46-25-9-4-10-26-46/h2-12,17-26,29-31,34,38,47-50,52H,13-16,27-28,32-33,35-37,58H2,1H3,(H,60,65)(H,61,68)(H,62,67)(H,63,66)(H,70,71)/t47-,48-,49-,50-,52?/m0/s1. The zero-order valence-electron chi connectivity index (χ0n) is 40.5.